The molecule has 2 rings (SSSR count). The largest absolute Gasteiger partial charge is 0.329 e. The van der Waals surface area contributed by atoms with Gasteiger partial charge in [0, 0.05) is 11.3 Å². The number of thioether (sulfide) groups is 1. The predicted octanol–water partition coefficient (Wildman–Crippen LogP) is 1.21. The second-order valence-electron chi connectivity index (χ2n) is 3.97. The number of rotatable bonds is 3. The van der Waals surface area contributed by atoms with Crippen LogP contribution in [0.15, 0.2) is 0 Å². The molecule has 2 unspecified atom stereocenters. The molecule has 0 aromatic carbocycles. The molecule has 15 heavy (non-hydrogen) atoms. The van der Waals surface area contributed by atoms with Gasteiger partial charge in [-0.1, -0.05) is 6.92 Å². The van der Waals surface area contributed by atoms with Crippen molar-refractivity contribution in [1.29, 1.82) is 0 Å². The third kappa shape index (κ3) is 2.12. The number of hydrogen-bond donors (Lipinski definition) is 1. The van der Waals surface area contributed by atoms with Gasteiger partial charge in [-0.15, -0.1) is 0 Å². The van der Waals surface area contributed by atoms with Crippen LogP contribution in [0.5, 0.6) is 0 Å². The maximum atomic E-state index is 11.5. The molecule has 1 saturated carbocycles. The molecule has 0 aromatic rings. The Kier molecular flexibility index (Phi) is 3.19. The summed E-state index contributed by atoms with van der Waals surface area (Å²) < 4.78 is 0. The quantitative estimate of drug-likeness (QED) is 0.739. The van der Waals surface area contributed by atoms with Gasteiger partial charge in [0.15, 0.2) is 0 Å². The van der Waals surface area contributed by atoms with Crippen molar-refractivity contribution in [3.63, 3.8) is 0 Å². The predicted molar refractivity (Wildman–Crippen MR) is 59.8 cm³/mol. The van der Waals surface area contributed by atoms with Gasteiger partial charge >= 0.3 is 6.03 Å². The molecule has 84 valence electrons. The van der Waals surface area contributed by atoms with E-state index >= 15 is 0 Å². The van der Waals surface area contributed by atoms with E-state index < -0.39 is 0 Å². The van der Waals surface area contributed by atoms with E-state index in [1.165, 1.54) is 4.90 Å². The first-order chi connectivity index (χ1) is 7.22. The third-order valence-corrected chi connectivity index (χ3v) is 4.24. The van der Waals surface area contributed by atoms with E-state index in [1.807, 2.05) is 11.8 Å². The van der Waals surface area contributed by atoms with Crippen LogP contribution in [-0.4, -0.2) is 40.4 Å². The van der Waals surface area contributed by atoms with Gasteiger partial charge in [0.2, 0.25) is 5.91 Å². The molecule has 0 radical (unpaired) electrons. The Balaban J connectivity index is 1.95. The number of nitrogens with zero attached hydrogens (tertiary/aromatic N) is 1. The number of carbonyl (C=O) groups is 2. The summed E-state index contributed by atoms with van der Waals surface area (Å²) in [6.07, 6.45) is 3.06. The van der Waals surface area contributed by atoms with Gasteiger partial charge in [-0.2, -0.15) is 11.8 Å². The molecule has 0 aromatic heterocycles. The van der Waals surface area contributed by atoms with Crippen LogP contribution in [0.1, 0.15) is 26.2 Å². The summed E-state index contributed by atoms with van der Waals surface area (Å²) in [5.74, 6) is 1.05. The molecule has 2 aliphatic rings. The minimum Gasteiger partial charge on any atom is -0.329 e. The maximum Gasteiger partial charge on any atom is 0.324 e. The first-order valence-corrected chi connectivity index (χ1v) is 6.48. The summed E-state index contributed by atoms with van der Waals surface area (Å²) in [7, 11) is 0. The summed E-state index contributed by atoms with van der Waals surface area (Å²) in [5.41, 5.74) is 0. The van der Waals surface area contributed by atoms with Gasteiger partial charge in [0.25, 0.3) is 0 Å². The molecule has 0 spiro atoms. The van der Waals surface area contributed by atoms with Gasteiger partial charge in [-0.3, -0.25) is 9.69 Å². The van der Waals surface area contributed by atoms with E-state index in [0.29, 0.717) is 5.25 Å². The van der Waals surface area contributed by atoms with Gasteiger partial charge < -0.3 is 5.32 Å². The maximum absolute atomic E-state index is 11.5. The zero-order valence-electron chi connectivity index (χ0n) is 8.86. The van der Waals surface area contributed by atoms with Crippen LogP contribution >= 0.6 is 11.8 Å². The van der Waals surface area contributed by atoms with Crippen molar-refractivity contribution < 1.29 is 9.59 Å². The van der Waals surface area contributed by atoms with Crippen LogP contribution in [0.25, 0.3) is 0 Å². The Bertz CT molecular complexity index is 267. The van der Waals surface area contributed by atoms with Gasteiger partial charge in [-0.25, -0.2) is 4.79 Å². The van der Waals surface area contributed by atoms with Crippen molar-refractivity contribution in [3.8, 4) is 0 Å². The third-order valence-electron chi connectivity index (χ3n) is 3.00. The Labute approximate surface area is 93.8 Å². The number of carbonyl (C=O) groups excluding carboxylic acids is 2. The average molecular weight is 228 g/mol. The summed E-state index contributed by atoms with van der Waals surface area (Å²) >= 11 is 1.93. The van der Waals surface area contributed by atoms with Crippen molar-refractivity contribution in [2.45, 2.75) is 37.5 Å². The van der Waals surface area contributed by atoms with Crippen molar-refractivity contribution in [1.82, 2.24) is 10.2 Å². The van der Waals surface area contributed by atoms with Crippen LogP contribution in [0.4, 0.5) is 4.79 Å². The molecular formula is C10H16N2O2S. The normalized spacial score (nSPS) is 31.1. The number of amides is 3. The molecule has 0 bridgehead atoms. The molecule has 1 aliphatic heterocycles. The van der Waals surface area contributed by atoms with Crippen molar-refractivity contribution in [2.75, 3.05) is 12.3 Å². The topological polar surface area (TPSA) is 49.4 Å². The smallest absolute Gasteiger partial charge is 0.324 e. The van der Waals surface area contributed by atoms with Crippen molar-refractivity contribution in [2.24, 2.45) is 0 Å². The lowest BCUT2D eigenvalue weighted by molar-refractivity contribution is -0.126. The van der Waals surface area contributed by atoms with Gasteiger partial charge in [0.05, 0.1) is 6.54 Å². The van der Waals surface area contributed by atoms with Crippen LogP contribution in [-0.2, 0) is 4.79 Å². The van der Waals surface area contributed by atoms with Crippen molar-refractivity contribution in [3.05, 3.63) is 0 Å². The Morgan fingerprint density at radius 3 is 2.87 bits per heavy atom. The first kappa shape index (κ1) is 10.8. The molecule has 4 nitrogen and oxygen atoms in total. The van der Waals surface area contributed by atoms with E-state index in [1.54, 1.807) is 0 Å². The highest BCUT2D eigenvalue weighted by atomic mass is 32.2. The fourth-order valence-electron chi connectivity index (χ4n) is 2.34. The highest BCUT2D eigenvalue weighted by molar-refractivity contribution is 7.99. The average Bonchev–Trinajstić information content (AvgIpc) is 2.75. The van der Waals surface area contributed by atoms with E-state index in [4.69, 9.17) is 0 Å². The van der Waals surface area contributed by atoms with E-state index in [-0.39, 0.29) is 24.5 Å². The minimum atomic E-state index is -0.202. The second kappa shape index (κ2) is 4.43. The summed E-state index contributed by atoms with van der Waals surface area (Å²) in [4.78, 5) is 24.3. The van der Waals surface area contributed by atoms with E-state index in [0.717, 1.165) is 25.0 Å². The standard InChI is InChI=1S/C10H16N2O2S/c1-2-15-8-4-3-7(5-8)12-9(13)6-11-10(12)14/h7-8H,2-6H2,1H3,(H,11,14). The first-order valence-electron chi connectivity index (χ1n) is 5.44. The second-order valence-corrected chi connectivity index (χ2v) is 5.54. The fraction of sp³-hybridized carbons (Fsp3) is 0.800. The zero-order chi connectivity index (χ0) is 10.8. The van der Waals surface area contributed by atoms with Crippen LogP contribution in [0.3, 0.4) is 0 Å². The SMILES string of the molecule is CCSC1CCC(N2C(=O)CNC2=O)C1. The molecule has 2 fully saturated rings. The molecule has 3 amide bonds. The molecule has 1 heterocycles. The van der Waals surface area contributed by atoms with Crippen LogP contribution in [0.2, 0.25) is 0 Å². The van der Waals surface area contributed by atoms with E-state index in [9.17, 15) is 9.59 Å². The minimum absolute atomic E-state index is 0.0628. The van der Waals surface area contributed by atoms with Gasteiger partial charge in [-0.05, 0) is 25.0 Å². The number of nitrogens with one attached hydrogen (secondary N) is 1. The lowest BCUT2D eigenvalue weighted by Crippen LogP contribution is -2.39. The molecule has 1 N–H and O–H groups in total. The van der Waals surface area contributed by atoms with E-state index in [2.05, 4.69) is 12.2 Å². The number of hydrogen-bond acceptors (Lipinski definition) is 3. The monoisotopic (exact) mass is 228 g/mol. The summed E-state index contributed by atoms with van der Waals surface area (Å²) in [6, 6.07) is -0.0591. The fourth-order valence-corrected chi connectivity index (χ4v) is 3.48. The number of imide groups is 1. The number of urea groups is 1. The molecule has 1 saturated heterocycles. The molecule has 2 atom stereocenters. The molecule has 1 aliphatic carbocycles. The highest BCUT2D eigenvalue weighted by Crippen LogP contribution is 2.33. The lowest BCUT2D eigenvalue weighted by Gasteiger charge is -2.20. The Hall–Kier alpha value is -0.710. The molecule has 5 heteroatoms. The highest BCUT2D eigenvalue weighted by Gasteiger charge is 2.38. The Morgan fingerprint density at radius 2 is 2.27 bits per heavy atom. The summed E-state index contributed by atoms with van der Waals surface area (Å²) in [6.45, 7) is 2.33. The van der Waals surface area contributed by atoms with Crippen molar-refractivity contribution >= 4 is 23.7 Å². The van der Waals surface area contributed by atoms with Crippen LogP contribution in [0, 0.1) is 0 Å². The summed E-state index contributed by atoms with van der Waals surface area (Å²) in [5, 5.41) is 3.20. The Morgan fingerprint density at radius 1 is 1.47 bits per heavy atom. The van der Waals surface area contributed by atoms with Crippen LogP contribution < -0.4 is 5.32 Å². The molecular weight excluding hydrogens is 212 g/mol. The zero-order valence-corrected chi connectivity index (χ0v) is 9.68. The lowest BCUT2D eigenvalue weighted by atomic mass is 10.2. The van der Waals surface area contributed by atoms with Gasteiger partial charge in [0.1, 0.15) is 0 Å².